The zero-order valence-corrected chi connectivity index (χ0v) is 23.3. The molecule has 1 aliphatic carbocycles. The van der Waals surface area contributed by atoms with Gasteiger partial charge in [-0.2, -0.15) is 9.97 Å². The van der Waals surface area contributed by atoms with Gasteiger partial charge in [0.25, 0.3) is 0 Å². The lowest BCUT2D eigenvalue weighted by Crippen LogP contribution is -2.51. The van der Waals surface area contributed by atoms with Crippen LogP contribution in [0.15, 0.2) is 24.3 Å². The maximum absolute atomic E-state index is 16.6. The summed E-state index contributed by atoms with van der Waals surface area (Å²) in [7, 11) is 0. The molecule has 2 bridgehead atoms. The molecule has 9 heteroatoms. The largest absolute Gasteiger partial charge is 0.508 e. The zero-order chi connectivity index (χ0) is 27.7. The van der Waals surface area contributed by atoms with Crippen LogP contribution in [-0.2, 0) is 12.8 Å². The number of ether oxygens (including phenoxy) is 1. The van der Waals surface area contributed by atoms with Gasteiger partial charge in [0.1, 0.15) is 29.9 Å². The minimum Gasteiger partial charge on any atom is -0.508 e. The molecule has 4 aliphatic heterocycles. The molecule has 3 aromatic rings. The highest BCUT2D eigenvalue weighted by molar-refractivity contribution is 5.94. The summed E-state index contributed by atoms with van der Waals surface area (Å²) in [5, 5.41) is 14.8. The third kappa shape index (κ3) is 4.35. The van der Waals surface area contributed by atoms with E-state index in [0.717, 1.165) is 87.7 Å². The van der Waals surface area contributed by atoms with Gasteiger partial charge in [-0.25, -0.2) is 8.78 Å². The van der Waals surface area contributed by atoms with Crippen LogP contribution in [-0.4, -0.2) is 76.6 Å². The number of aromatic nitrogens is 2. The number of hydrogen-bond acceptors (Lipinski definition) is 7. The maximum atomic E-state index is 16.6. The summed E-state index contributed by atoms with van der Waals surface area (Å²) in [5.41, 5.74) is 3.28. The molecule has 0 amide bonds. The Kier molecular flexibility index (Phi) is 6.11. The van der Waals surface area contributed by atoms with E-state index in [0.29, 0.717) is 48.4 Å². The fraction of sp³-hybridized carbons (Fsp3) is 0.562. The van der Waals surface area contributed by atoms with E-state index >= 15 is 4.39 Å². The Morgan fingerprint density at radius 1 is 1.02 bits per heavy atom. The molecule has 0 unspecified atom stereocenters. The van der Waals surface area contributed by atoms with E-state index in [4.69, 9.17) is 9.72 Å². The highest BCUT2D eigenvalue weighted by Gasteiger charge is 2.49. The molecule has 5 aliphatic rings. The minimum atomic E-state index is -0.850. The molecule has 41 heavy (non-hydrogen) atoms. The van der Waals surface area contributed by atoms with E-state index in [1.54, 1.807) is 6.07 Å². The summed E-state index contributed by atoms with van der Waals surface area (Å²) in [6.45, 7) is 3.22. The first-order chi connectivity index (χ1) is 20.0. The molecule has 2 N–H and O–H groups in total. The van der Waals surface area contributed by atoms with Crippen molar-refractivity contribution < 1.29 is 18.6 Å². The monoisotopic (exact) mass is 561 g/mol. The number of phenolic OH excluding ortho intramolecular Hbond substituents is 1. The summed E-state index contributed by atoms with van der Waals surface area (Å²) in [4.78, 5) is 14.0. The Labute approximate surface area is 238 Å². The van der Waals surface area contributed by atoms with Crippen LogP contribution in [0.5, 0.6) is 11.8 Å². The average molecular weight is 562 g/mol. The van der Waals surface area contributed by atoms with E-state index in [-0.39, 0.29) is 22.8 Å². The lowest BCUT2D eigenvalue weighted by atomic mass is 9.85. The number of fused-ring (bicyclic) bond motifs is 5. The number of phenols is 1. The van der Waals surface area contributed by atoms with Gasteiger partial charge in [0.2, 0.25) is 0 Å². The van der Waals surface area contributed by atoms with Crippen molar-refractivity contribution >= 4 is 16.7 Å². The quantitative estimate of drug-likeness (QED) is 0.458. The molecule has 4 saturated heterocycles. The van der Waals surface area contributed by atoms with E-state index in [1.165, 1.54) is 0 Å². The maximum Gasteiger partial charge on any atom is 0.319 e. The normalized spacial score (nSPS) is 29.2. The van der Waals surface area contributed by atoms with Crippen LogP contribution in [0.3, 0.4) is 0 Å². The van der Waals surface area contributed by atoms with E-state index in [9.17, 15) is 9.50 Å². The summed E-state index contributed by atoms with van der Waals surface area (Å²) in [6, 6.07) is 8.17. The minimum absolute atomic E-state index is 0.149. The Bertz CT molecular complexity index is 1510. The van der Waals surface area contributed by atoms with E-state index in [1.807, 2.05) is 18.2 Å². The number of anilines is 1. The lowest BCUT2D eigenvalue weighted by molar-refractivity contribution is 0.107. The average Bonchev–Trinajstić information content (AvgIpc) is 3.61. The predicted molar refractivity (Wildman–Crippen MR) is 154 cm³/mol. The molecule has 2 aromatic carbocycles. The molecule has 1 aromatic heterocycles. The lowest BCUT2D eigenvalue weighted by Gasteiger charge is -2.34. The molecule has 7 nitrogen and oxygen atoms in total. The first kappa shape index (κ1) is 25.7. The van der Waals surface area contributed by atoms with Crippen molar-refractivity contribution in [3.8, 4) is 22.9 Å². The molecule has 0 saturated carbocycles. The fourth-order valence-corrected chi connectivity index (χ4v) is 8.35. The van der Waals surface area contributed by atoms with Crippen LogP contribution < -0.4 is 15.0 Å². The van der Waals surface area contributed by atoms with Gasteiger partial charge in [-0.3, -0.25) is 4.90 Å². The molecular formula is C32H37F2N5O2. The molecule has 4 fully saturated rings. The number of halogens is 2. The van der Waals surface area contributed by atoms with Crippen molar-refractivity contribution in [1.82, 2.24) is 20.2 Å². The Morgan fingerprint density at radius 2 is 1.85 bits per heavy atom. The summed E-state index contributed by atoms with van der Waals surface area (Å²) < 4.78 is 37.3. The van der Waals surface area contributed by atoms with Crippen LogP contribution >= 0.6 is 0 Å². The predicted octanol–water partition coefficient (Wildman–Crippen LogP) is 4.92. The standard InChI is InChI=1S/C32H37F2N5O2/c33-20-14-32(10-3-11-39(32)15-20)18-41-31-36-29-26(30(37-31)38-16-21-6-7-22(17-38)35-21)9-8-25(28(29)34)27-13-23(40)12-19-4-1-2-5-24(19)27/h8-9,12-13,20-22,35,40H,1-7,10-11,14-18H2/t20-,21-,22+,32+/m1/s1. The number of aromatic hydroxyl groups is 1. The molecule has 4 atom stereocenters. The molecule has 0 radical (unpaired) electrons. The Hall–Kier alpha value is -3.04. The van der Waals surface area contributed by atoms with Crippen LogP contribution in [0.1, 0.15) is 56.1 Å². The molecular weight excluding hydrogens is 524 g/mol. The Balaban J connectivity index is 1.23. The van der Waals surface area contributed by atoms with E-state index < -0.39 is 12.0 Å². The topological polar surface area (TPSA) is 73.8 Å². The van der Waals surface area contributed by atoms with Gasteiger partial charge in [-0.1, -0.05) is 6.07 Å². The second-order valence-corrected chi connectivity index (χ2v) is 12.9. The number of hydrogen-bond donors (Lipinski definition) is 2. The zero-order valence-electron chi connectivity index (χ0n) is 23.3. The van der Waals surface area contributed by atoms with Crippen LogP contribution in [0, 0.1) is 5.82 Å². The smallest absolute Gasteiger partial charge is 0.319 e. The molecule has 8 rings (SSSR count). The number of alkyl halides is 1. The highest BCUT2D eigenvalue weighted by Crippen LogP contribution is 2.42. The third-order valence-corrected chi connectivity index (χ3v) is 10.3. The van der Waals surface area contributed by atoms with Crippen LogP contribution in [0.2, 0.25) is 0 Å². The molecule has 0 spiro atoms. The number of aryl methyl sites for hydroxylation is 1. The number of nitrogens with one attached hydrogen (secondary N) is 1. The van der Waals surface area contributed by atoms with Crippen LogP contribution in [0.25, 0.3) is 22.0 Å². The van der Waals surface area contributed by atoms with Crippen molar-refractivity contribution in [3.05, 3.63) is 41.2 Å². The van der Waals surface area contributed by atoms with Crippen molar-refractivity contribution in [1.29, 1.82) is 0 Å². The van der Waals surface area contributed by atoms with Gasteiger partial charge in [-0.15, -0.1) is 0 Å². The Morgan fingerprint density at radius 3 is 2.71 bits per heavy atom. The summed E-state index contributed by atoms with van der Waals surface area (Å²) >= 11 is 0. The van der Waals surface area contributed by atoms with Gasteiger partial charge >= 0.3 is 6.01 Å². The van der Waals surface area contributed by atoms with Crippen molar-refractivity contribution in [2.45, 2.75) is 81.6 Å². The van der Waals surface area contributed by atoms with Gasteiger partial charge in [0.05, 0.1) is 5.54 Å². The number of benzene rings is 2. The fourth-order valence-electron chi connectivity index (χ4n) is 8.35. The summed E-state index contributed by atoms with van der Waals surface area (Å²) in [5.74, 6) is 0.437. The second-order valence-electron chi connectivity index (χ2n) is 12.9. The van der Waals surface area contributed by atoms with Gasteiger partial charge in [0.15, 0.2) is 5.82 Å². The molecule has 216 valence electrons. The number of nitrogens with zero attached hydrogens (tertiary/aromatic N) is 4. The van der Waals surface area contributed by atoms with Gasteiger partial charge in [0, 0.05) is 49.1 Å². The number of piperazine rings is 1. The van der Waals surface area contributed by atoms with Gasteiger partial charge in [-0.05, 0) is 92.8 Å². The summed E-state index contributed by atoms with van der Waals surface area (Å²) in [6.07, 6.45) is 7.63. The number of rotatable bonds is 5. The third-order valence-electron chi connectivity index (χ3n) is 10.3. The van der Waals surface area contributed by atoms with Crippen molar-refractivity contribution in [3.63, 3.8) is 0 Å². The van der Waals surface area contributed by atoms with Crippen molar-refractivity contribution in [2.75, 3.05) is 37.7 Å². The second kappa shape index (κ2) is 9.76. The SMILES string of the molecule is Oc1cc2c(c(-c3ccc4c(N5C[C@H]6CC[C@@H](C5)N6)nc(OC[C@@]56CCCN5C[C@H](F)C6)nc4c3F)c1)CCCC2. The highest BCUT2D eigenvalue weighted by atomic mass is 19.1. The first-order valence-corrected chi connectivity index (χ1v) is 15.3. The molecule has 5 heterocycles. The first-order valence-electron chi connectivity index (χ1n) is 15.3. The van der Waals surface area contributed by atoms with E-state index in [2.05, 4.69) is 20.1 Å². The van der Waals surface area contributed by atoms with Crippen LogP contribution in [0.4, 0.5) is 14.6 Å². The van der Waals surface area contributed by atoms with Crippen molar-refractivity contribution in [2.24, 2.45) is 0 Å². The van der Waals surface area contributed by atoms with Gasteiger partial charge < -0.3 is 20.1 Å².